The van der Waals surface area contributed by atoms with Crippen LogP contribution in [0, 0.1) is 5.92 Å². The third-order valence-electron chi connectivity index (χ3n) is 2.33. The summed E-state index contributed by atoms with van der Waals surface area (Å²) in [7, 11) is -2.99. The maximum atomic E-state index is 12.2. The number of hydrogen-bond donors (Lipinski definition) is 1. The monoisotopic (exact) mass is 224 g/mol. The molecule has 0 amide bonds. The van der Waals surface area contributed by atoms with Gasteiger partial charge in [-0.2, -0.15) is 0 Å². The second kappa shape index (κ2) is 6.57. The van der Waals surface area contributed by atoms with Crippen molar-refractivity contribution in [3.8, 4) is 0 Å². The second-order valence-corrected chi connectivity index (χ2v) is 5.59. The second-order valence-electron chi connectivity index (χ2n) is 3.33. The molecule has 14 heavy (non-hydrogen) atoms. The van der Waals surface area contributed by atoms with Gasteiger partial charge in [0.1, 0.15) is 0 Å². The molecular weight excluding hydrogens is 201 g/mol. The lowest BCUT2D eigenvalue weighted by Gasteiger charge is -2.24. The van der Waals surface area contributed by atoms with Gasteiger partial charge in [-0.1, -0.05) is 13.8 Å². The molecule has 0 aromatic rings. The van der Waals surface area contributed by atoms with Gasteiger partial charge in [-0.25, -0.2) is 0 Å². The minimum Gasteiger partial charge on any atom is -0.345 e. The van der Waals surface area contributed by atoms with Crippen molar-refractivity contribution < 1.29 is 19.3 Å². The van der Waals surface area contributed by atoms with Crippen LogP contribution in [0.25, 0.3) is 0 Å². The summed E-state index contributed by atoms with van der Waals surface area (Å²) < 4.78 is 22.7. The van der Waals surface area contributed by atoms with Gasteiger partial charge in [-0.05, 0) is 20.3 Å². The van der Waals surface area contributed by atoms with Crippen LogP contribution >= 0.6 is 7.60 Å². The average Bonchev–Trinajstić information content (AvgIpc) is 2.16. The molecule has 0 saturated carbocycles. The lowest BCUT2D eigenvalue weighted by molar-refractivity contribution is -0.405. The minimum absolute atomic E-state index is 0.249. The van der Waals surface area contributed by atoms with Crippen LogP contribution < -0.4 is 5.73 Å². The van der Waals surface area contributed by atoms with E-state index in [-0.39, 0.29) is 11.7 Å². The molecule has 0 bridgehead atoms. The molecule has 0 aliphatic carbocycles. The predicted octanol–water partition coefficient (Wildman–Crippen LogP) is 1.87. The van der Waals surface area contributed by atoms with Crippen LogP contribution in [0.2, 0.25) is 0 Å². The fourth-order valence-electron chi connectivity index (χ4n) is 1.17. The highest BCUT2D eigenvalue weighted by Crippen LogP contribution is 2.52. The quantitative estimate of drug-likeness (QED) is 0.671. The molecule has 3 N–H and O–H groups in total. The number of quaternary nitrogens is 1. The van der Waals surface area contributed by atoms with E-state index >= 15 is 0 Å². The lowest BCUT2D eigenvalue weighted by atomic mass is 10.1. The minimum atomic E-state index is -2.99. The largest absolute Gasteiger partial charge is 0.387 e. The zero-order valence-corrected chi connectivity index (χ0v) is 10.5. The van der Waals surface area contributed by atoms with Crippen LogP contribution in [-0.4, -0.2) is 19.0 Å². The van der Waals surface area contributed by atoms with Crippen molar-refractivity contribution in [1.29, 1.82) is 0 Å². The number of rotatable bonds is 7. The zero-order valence-electron chi connectivity index (χ0n) is 9.66. The molecule has 0 radical (unpaired) electrons. The summed E-state index contributed by atoms with van der Waals surface area (Å²) >= 11 is 0. The van der Waals surface area contributed by atoms with E-state index in [0.717, 1.165) is 6.42 Å². The van der Waals surface area contributed by atoms with Gasteiger partial charge in [0.25, 0.3) is 0 Å². The lowest BCUT2D eigenvalue weighted by Crippen LogP contribution is -2.63. The molecule has 0 aliphatic rings. The summed E-state index contributed by atoms with van der Waals surface area (Å²) in [5.74, 6) is -0.0219. The molecule has 0 heterocycles. The fraction of sp³-hybridized carbons (Fsp3) is 1.00. The summed E-state index contributed by atoms with van der Waals surface area (Å²) in [6, 6.07) is 0. The first-order valence-electron chi connectivity index (χ1n) is 5.23. The molecule has 2 unspecified atom stereocenters. The third kappa shape index (κ3) is 3.70. The van der Waals surface area contributed by atoms with E-state index in [2.05, 4.69) is 5.73 Å². The van der Waals surface area contributed by atoms with E-state index < -0.39 is 7.60 Å². The standard InChI is InChI=1S/C9H22NO3P/c1-5-8(4)9(10)14(11,12-6-2)13-7-3/h8-9H,5-7,10H2,1-4H3/p+1. The Morgan fingerprint density at radius 1 is 1.21 bits per heavy atom. The van der Waals surface area contributed by atoms with E-state index in [1.165, 1.54) is 0 Å². The van der Waals surface area contributed by atoms with Gasteiger partial charge in [0.05, 0.1) is 13.2 Å². The Labute approximate surface area is 86.7 Å². The maximum Gasteiger partial charge on any atom is 0.387 e. The highest BCUT2D eigenvalue weighted by atomic mass is 31.2. The van der Waals surface area contributed by atoms with Gasteiger partial charge in [0.2, 0.25) is 0 Å². The van der Waals surface area contributed by atoms with Crippen LogP contribution in [0.15, 0.2) is 0 Å². The molecule has 86 valence electrons. The topological polar surface area (TPSA) is 63.2 Å². The molecule has 0 saturated heterocycles. The average molecular weight is 224 g/mol. The Hall–Kier alpha value is 0.110. The van der Waals surface area contributed by atoms with Crippen LogP contribution in [0.1, 0.15) is 34.1 Å². The van der Waals surface area contributed by atoms with Crippen LogP contribution in [0.5, 0.6) is 0 Å². The van der Waals surface area contributed by atoms with Crippen molar-refractivity contribution in [2.75, 3.05) is 13.2 Å². The molecule has 0 fully saturated rings. The van der Waals surface area contributed by atoms with Gasteiger partial charge in [-0.3, -0.25) is 4.57 Å². The van der Waals surface area contributed by atoms with Gasteiger partial charge in [-0.15, -0.1) is 0 Å². The summed E-state index contributed by atoms with van der Waals surface area (Å²) in [4.78, 5) is 0. The molecule has 5 heteroatoms. The molecule has 2 atom stereocenters. The van der Waals surface area contributed by atoms with E-state index in [1.807, 2.05) is 27.7 Å². The van der Waals surface area contributed by atoms with Crippen LogP contribution in [0.3, 0.4) is 0 Å². The summed E-state index contributed by atoms with van der Waals surface area (Å²) in [5.41, 5.74) is 3.90. The Morgan fingerprint density at radius 2 is 1.64 bits per heavy atom. The van der Waals surface area contributed by atoms with Gasteiger partial charge in [0.15, 0.2) is 5.78 Å². The van der Waals surface area contributed by atoms with Crippen LogP contribution in [-0.2, 0) is 13.6 Å². The molecule has 0 spiro atoms. The summed E-state index contributed by atoms with van der Waals surface area (Å²) in [6.45, 7) is 8.50. The van der Waals surface area contributed by atoms with E-state index in [9.17, 15) is 4.57 Å². The third-order valence-corrected chi connectivity index (χ3v) is 4.88. The molecule has 0 aromatic carbocycles. The van der Waals surface area contributed by atoms with Crippen molar-refractivity contribution in [3.05, 3.63) is 0 Å². The smallest absolute Gasteiger partial charge is 0.345 e. The van der Waals surface area contributed by atoms with Crippen molar-refractivity contribution in [2.24, 2.45) is 5.92 Å². The molecule has 0 rings (SSSR count). The zero-order chi connectivity index (χ0) is 11.2. The number of hydrogen-bond acceptors (Lipinski definition) is 3. The molecule has 0 aromatic heterocycles. The van der Waals surface area contributed by atoms with Crippen molar-refractivity contribution in [2.45, 2.75) is 39.9 Å². The van der Waals surface area contributed by atoms with Gasteiger partial charge in [0, 0.05) is 5.92 Å². The van der Waals surface area contributed by atoms with Gasteiger partial charge < -0.3 is 14.8 Å². The molecule has 0 aliphatic heterocycles. The predicted molar refractivity (Wildman–Crippen MR) is 57.0 cm³/mol. The highest BCUT2D eigenvalue weighted by Gasteiger charge is 2.39. The van der Waals surface area contributed by atoms with Crippen molar-refractivity contribution >= 4 is 7.60 Å². The Kier molecular flexibility index (Phi) is 6.62. The Bertz CT molecular complexity index is 188. The SMILES string of the molecule is CCOP(=O)(OCC)C([NH3+])C(C)CC. The Morgan fingerprint density at radius 3 is 1.93 bits per heavy atom. The Balaban J connectivity index is 4.54. The first-order chi connectivity index (χ1) is 6.51. The fourth-order valence-corrected chi connectivity index (χ4v) is 3.18. The highest BCUT2D eigenvalue weighted by molar-refractivity contribution is 7.54. The van der Waals surface area contributed by atoms with Crippen LogP contribution in [0.4, 0.5) is 0 Å². The van der Waals surface area contributed by atoms with E-state index in [1.54, 1.807) is 0 Å². The van der Waals surface area contributed by atoms with E-state index in [4.69, 9.17) is 9.05 Å². The van der Waals surface area contributed by atoms with Gasteiger partial charge >= 0.3 is 7.60 Å². The van der Waals surface area contributed by atoms with Crippen molar-refractivity contribution in [1.82, 2.24) is 0 Å². The normalized spacial score (nSPS) is 16.6. The molecule has 4 nitrogen and oxygen atoms in total. The van der Waals surface area contributed by atoms with Crippen molar-refractivity contribution in [3.63, 3.8) is 0 Å². The molecular formula is C9H23NO3P+. The maximum absolute atomic E-state index is 12.2. The summed E-state index contributed by atoms with van der Waals surface area (Å²) in [5, 5.41) is 0. The first-order valence-corrected chi connectivity index (χ1v) is 6.84. The first kappa shape index (κ1) is 14.1. The summed E-state index contributed by atoms with van der Waals surface area (Å²) in [6.07, 6.45) is 0.929. The van der Waals surface area contributed by atoms with E-state index in [0.29, 0.717) is 13.2 Å².